The van der Waals surface area contributed by atoms with Crippen LogP contribution in [0.25, 0.3) is 0 Å². The zero-order valence-electron chi connectivity index (χ0n) is 22.2. The summed E-state index contributed by atoms with van der Waals surface area (Å²) in [5, 5.41) is 2.88. The lowest BCUT2D eigenvalue weighted by Crippen LogP contribution is -2.50. The number of carbonyl (C=O) groups is 2. The topological polar surface area (TPSA) is 74.7 Å². The van der Waals surface area contributed by atoms with Gasteiger partial charge in [0, 0.05) is 56.8 Å². The van der Waals surface area contributed by atoms with Crippen molar-refractivity contribution in [3.63, 3.8) is 0 Å². The Morgan fingerprint density at radius 1 is 1.00 bits per heavy atom. The molecule has 7 heteroatoms. The van der Waals surface area contributed by atoms with Crippen LogP contribution < -0.4 is 15.6 Å². The molecule has 2 aromatic rings. The van der Waals surface area contributed by atoms with Gasteiger partial charge in [-0.1, -0.05) is 44.4 Å². The van der Waals surface area contributed by atoms with Crippen LogP contribution in [0.2, 0.25) is 0 Å². The molecular weight excluding hydrogens is 452 g/mol. The Labute approximate surface area is 214 Å². The smallest absolute Gasteiger partial charge is 0.259 e. The van der Waals surface area contributed by atoms with Crippen molar-refractivity contribution in [2.24, 2.45) is 5.92 Å². The molecule has 1 aromatic heterocycles. The number of nitrogens with one attached hydrogen (secondary N) is 1. The number of rotatable bonds is 7. The largest absolute Gasteiger partial charge is 0.368 e. The van der Waals surface area contributed by atoms with Gasteiger partial charge in [0.05, 0.1) is 0 Å². The van der Waals surface area contributed by atoms with Gasteiger partial charge >= 0.3 is 0 Å². The fourth-order valence-electron chi connectivity index (χ4n) is 5.38. The first kappa shape index (κ1) is 26.0. The van der Waals surface area contributed by atoms with Crippen molar-refractivity contribution in [2.45, 2.75) is 65.8 Å². The van der Waals surface area contributed by atoms with Crippen LogP contribution in [0.3, 0.4) is 0 Å². The van der Waals surface area contributed by atoms with E-state index in [4.69, 9.17) is 0 Å². The summed E-state index contributed by atoms with van der Waals surface area (Å²) in [5.74, 6) is -0.207. The molecule has 1 saturated heterocycles. The van der Waals surface area contributed by atoms with Gasteiger partial charge in [-0.3, -0.25) is 14.4 Å². The molecule has 2 fully saturated rings. The van der Waals surface area contributed by atoms with E-state index >= 15 is 0 Å². The Morgan fingerprint density at radius 3 is 2.31 bits per heavy atom. The molecule has 1 aliphatic carbocycles. The SMILES string of the molecule is Cc1ccc(N2CCN(C(=O)c3cn(C4CCCC4)cc(C(=O)NCCC(C)C)c3=O)CC2)c(C)c1. The molecule has 1 saturated carbocycles. The minimum atomic E-state index is -0.465. The predicted molar refractivity (Wildman–Crippen MR) is 144 cm³/mol. The Balaban J connectivity index is 1.54. The van der Waals surface area contributed by atoms with Crippen LogP contribution in [0.5, 0.6) is 0 Å². The summed E-state index contributed by atoms with van der Waals surface area (Å²) in [6.07, 6.45) is 8.44. The fourth-order valence-corrected chi connectivity index (χ4v) is 5.38. The molecule has 0 atom stereocenters. The standard InChI is InChI=1S/C29H40N4O3/c1-20(2)11-12-30-28(35)24-18-33(23-7-5-6-8-23)19-25(27(24)34)29(36)32-15-13-31(14-16-32)26-10-9-21(3)17-22(26)4/h9-10,17-20,23H,5-8,11-16H2,1-4H3,(H,30,35). The highest BCUT2D eigenvalue weighted by Gasteiger charge is 2.28. The quantitative estimate of drug-likeness (QED) is 0.625. The summed E-state index contributed by atoms with van der Waals surface area (Å²) in [6.45, 7) is 11.4. The number of pyridine rings is 1. The molecular formula is C29H40N4O3. The maximum absolute atomic E-state index is 13.6. The molecule has 4 rings (SSSR count). The number of anilines is 1. The Kier molecular flexibility index (Phi) is 8.17. The van der Waals surface area contributed by atoms with Crippen LogP contribution in [0.1, 0.15) is 83.8 Å². The van der Waals surface area contributed by atoms with E-state index in [1.807, 2.05) is 4.57 Å². The fraction of sp³-hybridized carbons (Fsp3) is 0.552. The van der Waals surface area contributed by atoms with Gasteiger partial charge < -0.3 is 19.7 Å². The highest BCUT2D eigenvalue weighted by Crippen LogP contribution is 2.29. The van der Waals surface area contributed by atoms with E-state index in [-0.39, 0.29) is 29.0 Å². The van der Waals surface area contributed by atoms with E-state index in [0.717, 1.165) is 32.1 Å². The minimum absolute atomic E-state index is 0.0745. The minimum Gasteiger partial charge on any atom is -0.368 e. The van der Waals surface area contributed by atoms with E-state index < -0.39 is 5.43 Å². The van der Waals surface area contributed by atoms with Crippen LogP contribution in [0.4, 0.5) is 5.69 Å². The van der Waals surface area contributed by atoms with Crippen molar-refractivity contribution < 1.29 is 9.59 Å². The number of carbonyl (C=O) groups excluding carboxylic acids is 2. The number of piperazine rings is 1. The number of amides is 2. The number of aryl methyl sites for hydroxylation is 2. The average Bonchev–Trinajstić information content (AvgIpc) is 3.39. The van der Waals surface area contributed by atoms with Crippen LogP contribution >= 0.6 is 0 Å². The summed E-state index contributed by atoms with van der Waals surface area (Å²) < 4.78 is 1.95. The summed E-state index contributed by atoms with van der Waals surface area (Å²) in [6, 6.07) is 6.66. The van der Waals surface area contributed by atoms with Crippen molar-refractivity contribution in [1.82, 2.24) is 14.8 Å². The molecule has 1 aliphatic heterocycles. The molecule has 36 heavy (non-hydrogen) atoms. The Bertz CT molecular complexity index is 1160. The zero-order chi connectivity index (χ0) is 25.8. The summed E-state index contributed by atoms with van der Waals surface area (Å²) in [4.78, 5) is 44.0. The number of aromatic nitrogens is 1. The Hall–Kier alpha value is -3.09. The number of hydrogen-bond donors (Lipinski definition) is 1. The van der Waals surface area contributed by atoms with Gasteiger partial charge in [-0.15, -0.1) is 0 Å². The first-order chi connectivity index (χ1) is 17.2. The molecule has 0 unspecified atom stereocenters. The first-order valence-corrected chi connectivity index (χ1v) is 13.4. The highest BCUT2D eigenvalue weighted by molar-refractivity contribution is 5.99. The highest BCUT2D eigenvalue weighted by atomic mass is 16.2. The normalized spacial score (nSPS) is 16.6. The first-order valence-electron chi connectivity index (χ1n) is 13.4. The van der Waals surface area contributed by atoms with Crippen LogP contribution in [0.15, 0.2) is 35.4 Å². The van der Waals surface area contributed by atoms with Crippen molar-refractivity contribution in [3.05, 3.63) is 63.1 Å². The van der Waals surface area contributed by atoms with Gasteiger partial charge in [0.1, 0.15) is 11.1 Å². The second-order valence-electron chi connectivity index (χ2n) is 10.8. The van der Waals surface area contributed by atoms with Gasteiger partial charge in [0.25, 0.3) is 11.8 Å². The van der Waals surface area contributed by atoms with Crippen molar-refractivity contribution in [3.8, 4) is 0 Å². The van der Waals surface area contributed by atoms with E-state index in [0.29, 0.717) is 38.6 Å². The van der Waals surface area contributed by atoms with Crippen LogP contribution in [-0.4, -0.2) is 54.0 Å². The maximum atomic E-state index is 13.6. The number of benzene rings is 1. The predicted octanol–water partition coefficient (Wildman–Crippen LogP) is 4.32. The third-order valence-electron chi connectivity index (χ3n) is 7.53. The van der Waals surface area contributed by atoms with Gasteiger partial charge in [-0.05, 0) is 50.7 Å². The van der Waals surface area contributed by atoms with E-state index in [1.165, 1.54) is 16.8 Å². The van der Waals surface area contributed by atoms with Crippen molar-refractivity contribution in [1.29, 1.82) is 0 Å². The van der Waals surface area contributed by atoms with Crippen LogP contribution in [0, 0.1) is 19.8 Å². The molecule has 2 aliphatic rings. The van der Waals surface area contributed by atoms with E-state index in [9.17, 15) is 14.4 Å². The lowest BCUT2D eigenvalue weighted by molar-refractivity contribution is 0.0744. The molecule has 2 amide bonds. The summed E-state index contributed by atoms with van der Waals surface area (Å²) in [7, 11) is 0. The van der Waals surface area contributed by atoms with Crippen molar-refractivity contribution >= 4 is 17.5 Å². The zero-order valence-corrected chi connectivity index (χ0v) is 22.2. The van der Waals surface area contributed by atoms with Gasteiger partial charge in [-0.2, -0.15) is 0 Å². The second kappa shape index (κ2) is 11.3. The van der Waals surface area contributed by atoms with Gasteiger partial charge in [0.2, 0.25) is 5.43 Å². The maximum Gasteiger partial charge on any atom is 0.259 e. The molecule has 1 N–H and O–H groups in total. The molecule has 0 radical (unpaired) electrons. The lowest BCUT2D eigenvalue weighted by atomic mass is 10.1. The lowest BCUT2D eigenvalue weighted by Gasteiger charge is -2.37. The Morgan fingerprint density at radius 2 is 1.67 bits per heavy atom. The van der Waals surface area contributed by atoms with Crippen LogP contribution in [-0.2, 0) is 0 Å². The molecule has 194 valence electrons. The second-order valence-corrected chi connectivity index (χ2v) is 10.8. The van der Waals surface area contributed by atoms with E-state index in [2.05, 4.69) is 56.1 Å². The van der Waals surface area contributed by atoms with Gasteiger partial charge in [0.15, 0.2) is 0 Å². The van der Waals surface area contributed by atoms with Crippen molar-refractivity contribution in [2.75, 3.05) is 37.6 Å². The number of hydrogen-bond acceptors (Lipinski definition) is 4. The monoisotopic (exact) mass is 492 g/mol. The third kappa shape index (κ3) is 5.82. The summed E-state index contributed by atoms with van der Waals surface area (Å²) in [5.41, 5.74) is 3.37. The molecule has 1 aromatic carbocycles. The van der Waals surface area contributed by atoms with Gasteiger partial charge in [-0.25, -0.2) is 0 Å². The molecule has 2 heterocycles. The molecule has 7 nitrogen and oxygen atoms in total. The summed E-state index contributed by atoms with van der Waals surface area (Å²) >= 11 is 0. The molecule has 0 spiro atoms. The third-order valence-corrected chi connectivity index (χ3v) is 7.53. The molecule has 0 bridgehead atoms. The average molecular weight is 493 g/mol. The number of nitrogens with zero attached hydrogens (tertiary/aromatic N) is 3. The van der Waals surface area contributed by atoms with E-state index in [1.54, 1.807) is 17.3 Å².